The maximum absolute atomic E-state index is 4.37. The van der Waals surface area contributed by atoms with Gasteiger partial charge < -0.3 is 0 Å². The number of rotatable bonds is 0. The molecule has 16 heavy (non-hydrogen) atoms. The lowest BCUT2D eigenvalue weighted by Gasteiger charge is -2.08. The Morgan fingerprint density at radius 2 is 1.50 bits per heavy atom. The SMILES string of the molecule is Cc1c(C)c2nccnc2c2cncnc12. The highest BCUT2D eigenvalue weighted by atomic mass is 14.8. The van der Waals surface area contributed by atoms with Crippen LogP contribution in [0.2, 0.25) is 0 Å². The van der Waals surface area contributed by atoms with Gasteiger partial charge in [-0.1, -0.05) is 0 Å². The Morgan fingerprint density at radius 3 is 2.31 bits per heavy atom. The summed E-state index contributed by atoms with van der Waals surface area (Å²) in [4.78, 5) is 17.1. The second-order valence-corrected chi connectivity index (χ2v) is 3.79. The topological polar surface area (TPSA) is 51.6 Å². The van der Waals surface area contributed by atoms with Gasteiger partial charge in [-0.2, -0.15) is 0 Å². The van der Waals surface area contributed by atoms with Crippen LogP contribution in [0.15, 0.2) is 24.9 Å². The lowest BCUT2D eigenvalue weighted by Crippen LogP contribution is -1.94. The van der Waals surface area contributed by atoms with Gasteiger partial charge in [0, 0.05) is 24.0 Å². The zero-order valence-electron chi connectivity index (χ0n) is 9.10. The van der Waals surface area contributed by atoms with Gasteiger partial charge in [-0.25, -0.2) is 9.97 Å². The van der Waals surface area contributed by atoms with Gasteiger partial charge in [0.15, 0.2) is 0 Å². The molecule has 4 nitrogen and oxygen atoms in total. The minimum absolute atomic E-state index is 0.876. The molecule has 3 rings (SSSR count). The van der Waals surface area contributed by atoms with E-state index in [1.807, 2.05) is 6.92 Å². The normalized spacial score (nSPS) is 11.1. The van der Waals surface area contributed by atoms with Crippen LogP contribution in [-0.4, -0.2) is 19.9 Å². The molecule has 0 saturated carbocycles. The van der Waals surface area contributed by atoms with Gasteiger partial charge >= 0.3 is 0 Å². The second-order valence-electron chi connectivity index (χ2n) is 3.79. The van der Waals surface area contributed by atoms with Gasteiger partial charge in [-0.15, -0.1) is 0 Å². The predicted octanol–water partition coefficient (Wildman–Crippen LogP) is 2.19. The van der Waals surface area contributed by atoms with Crippen molar-refractivity contribution in [1.82, 2.24) is 19.9 Å². The van der Waals surface area contributed by atoms with Gasteiger partial charge in [-0.3, -0.25) is 9.97 Å². The van der Waals surface area contributed by atoms with E-state index in [0.29, 0.717) is 0 Å². The van der Waals surface area contributed by atoms with Crippen molar-refractivity contribution >= 4 is 21.9 Å². The van der Waals surface area contributed by atoms with E-state index in [-0.39, 0.29) is 0 Å². The average molecular weight is 210 g/mol. The molecule has 0 unspecified atom stereocenters. The Kier molecular flexibility index (Phi) is 1.83. The quantitative estimate of drug-likeness (QED) is 0.534. The van der Waals surface area contributed by atoms with Gasteiger partial charge in [0.05, 0.1) is 16.6 Å². The van der Waals surface area contributed by atoms with Gasteiger partial charge in [0.1, 0.15) is 6.33 Å². The van der Waals surface area contributed by atoms with Crippen molar-refractivity contribution < 1.29 is 0 Å². The standard InChI is InChI=1S/C12H10N4/c1-7-8(2)11-12(15-4-3-14-11)9-5-13-6-16-10(7)9/h3-6H,1-2H3. The molecule has 2 aromatic heterocycles. The summed E-state index contributed by atoms with van der Waals surface area (Å²) in [6.45, 7) is 4.10. The lowest BCUT2D eigenvalue weighted by atomic mass is 10.0. The Balaban J connectivity index is 2.69. The predicted molar refractivity (Wildman–Crippen MR) is 62.1 cm³/mol. The molecule has 2 heterocycles. The van der Waals surface area contributed by atoms with E-state index in [1.165, 1.54) is 0 Å². The van der Waals surface area contributed by atoms with Crippen molar-refractivity contribution in [2.24, 2.45) is 0 Å². The third-order valence-corrected chi connectivity index (χ3v) is 2.94. The van der Waals surface area contributed by atoms with E-state index in [9.17, 15) is 0 Å². The van der Waals surface area contributed by atoms with Crippen LogP contribution in [0, 0.1) is 13.8 Å². The lowest BCUT2D eigenvalue weighted by molar-refractivity contribution is 1.19. The van der Waals surface area contributed by atoms with E-state index in [2.05, 4.69) is 26.9 Å². The number of hydrogen-bond donors (Lipinski definition) is 0. The third kappa shape index (κ3) is 1.10. The molecule has 0 radical (unpaired) electrons. The fourth-order valence-corrected chi connectivity index (χ4v) is 1.97. The zero-order valence-corrected chi connectivity index (χ0v) is 9.10. The second kappa shape index (κ2) is 3.20. The monoisotopic (exact) mass is 210 g/mol. The highest BCUT2D eigenvalue weighted by Crippen LogP contribution is 2.27. The van der Waals surface area contributed by atoms with Crippen molar-refractivity contribution in [1.29, 1.82) is 0 Å². The number of benzene rings is 1. The molecule has 0 N–H and O–H groups in total. The molecule has 0 aliphatic rings. The molecular weight excluding hydrogens is 200 g/mol. The molecule has 78 valence electrons. The Labute approximate surface area is 92.4 Å². The van der Waals surface area contributed by atoms with E-state index >= 15 is 0 Å². The highest BCUT2D eigenvalue weighted by molar-refractivity contribution is 6.04. The molecule has 0 spiro atoms. The van der Waals surface area contributed by atoms with Gasteiger partial charge in [0.25, 0.3) is 0 Å². The van der Waals surface area contributed by atoms with E-state index < -0.39 is 0 Å². The average Bonchev–Trinajstić information content (AvgIpc) is 2.36. The Hall–Kier alpha value is -2.10. The molecule has 0 aliphatic carbocycles. The highest BCUT2D eigenvalue weighted by Gasteiger charge is 2.10. The molecule has 4 heteroatoms. The summed E-state index contributed by atoms with van der Waals surface area (Å²) in [5, 5.41) is 0.966. The van der Waals surface area contributed by atoms with Crippen molar-refractivity contribution in [3.63, 3.8) is 0 Å². The van der Waals surface area contributed by atoms with Crippen molar-refractivity contribution in [3.05, 3.63) is 36.0 Å². The fraction of sp³-hybridized carbons (Fsp3) is 0.167. The largest absolute Gasteiger partial charge is 0.253 e. The van der Waals surface area contributed by atoms with Crippen LogP contribution in [0.5, 0.6) is 0 Å². The summed E-state index contributed by atoms with van der Waals surface area (Å²) in [5.41, 5.74) is 5.05. The van der Waals surface area contributed by atoms with Gasteiger partial charge in [0.2, 0.25) is 0 Å². The molecule has 1 aromatic carbocycles. The first-order valence-corrected chi connectivity index (χ1v) is 5.08. The summed E-state index contributed by atoms with van der Waals surface area (Å²) in [5.74, 6) is 0. The molecular formula is C12H10N4. The first kappa shape index (κ1) is 9.15. The molecule has 3 aromatic rings. The third-order valence-electron chi connectivity index (χ3n) is 2.94. The van der Waals surface area contributed by atoms with E-state index in [4.69, 9.17) is 0 Å². The van der Waals surface area contributed by atoms with Crippen LogP contribution in [0.3, 0.4) is 0 Å². The first-order valence-electron chi connectivity index (χ1n) is 5.08. The van der Waals surface area contributed by atoms with E-state index in [0.717, 1.165) is 33.1 Å². The van der Waals surface area contributed by atoms with Crippen LogP contribution in [0.1, 0.15) is 11.1 Å². The van der Waals surface area contributed by atoms with Gasteiger partial charge in [-0.05, 0) is 25.0 Å². The molecule has 0 amide bonds. The maximum Gasteiger partial charge on any atom is 0.116 e. The van der Waals surface area contributed by atoms with Crippen LogP contribution in [0.4, 0.5) is 0 Å². The van der Waals surface area contributed by atoms with Crippen molar-refractivity contribution in [3.8, 4) is 0 Å². The van der Waals surface area contributed by atoms with Crippen LogP contribution >= 0.6 is 0 Å². The van der Waals surface area contributed by atoms with Crippen LogP contribution < -0.4 is 0 Å². The molecule has 0 atom stereocenters. The Morgan fingerprint density at radius 1 is 0.812 bits per heavy atom. The number of aromatic nitrogens is 4. The number of hydrogen-bond acceptors (Lipinski definition) is 4. The molecule has 0 saturated heterocycles. The number of aryl methyl sites for hydroxylation is 2. The van der Waals surface area contributed by atoms with Crippen LogP contribution in [0.25, 0.3) is 21.9 Å². The minimum Gasteiger partial charge on any atom is -0.253 e. The molecule has 0 bridgehead atoms. The molecule has 0 fully saturated rings. The van der Waals surface area contributed by atoms with Crippen molar-refractivity contribution in [2.75, 3.05) is 0 Å². The smallest absolute Gasteiger partial charge is 0.116 e. The summed E-state index contributed by atoms with van der Waals surface area (Å²) >= 11 is 0. The summed E-state index contributed by atoms with van der Waals surface area (Å²) in [7, 11) is 0. The maximum atomic E-state index is 4.37. The zero-order chi connectivity index (χ0) is 11.1. The van der Waals surface area contributed by atoms with Crippen LogP contribution in [-0.2, 0) is 0 Å². The molecule has 0 aliphatic heterocycles. The van der Waals surface area contributed by atoms with E-state index in [1.54, 1.807) is 24.9 Å². The number of nitrogens with zero attached hydrogens (tertiary/aromatic N) is 4. The summed E-state index contributed by atoms with van der Waals surface area (Å²) in [6, 6.07) is 0. The first-order chi connectivity index (χ1) is 7.79. The summed E-state index contributed by atoms with van der Waals surface area (Å²) < 4.78 is 0. The van der Waals surface area contributed by atoms with Crippen molar-refractivity contribution in [2.45, 2.75) is 13.8 Å². The fourth-order valence-electron chi connectivity index (χ4n) is 1.97. The number of fused-ring (bicyclic) bond motifs is 3. The Bertz CT molecular complexity index is 630. The minimum atomic E-state index is 0.876. The summed E-state index contributed by atoms with van der Waals surface area (Å²) in [6.07, 6.45) is 6.77.